The molecular formula is C6H6BrN3. The standard InChI is InChI=1S/C6H6BrN3/c1-5-6(7)4-9-10(5)3-2-8/h4H,3H2,1H3. The van der Waals surface area contributed by atoms with Crippen LogP contribution in [0.15, 0.2) is 10.7 Å². The molecule has 52 valence electrons. The van der Waals surface area contributed by atoms with Crippen molar-refractivity contribution in [2.24, 2.45) is 0 Å². The first-order valence-corrected chi connectivity index (χ1v) is 3.60. The van der Waals surface area contributed by atoms with Crippen molar-refractivity contribution in [2.45, 2.75) is 13.5 Å². The molecule has 0 spiro atoms. The Balaban J connectivity index is 2.96. The first kappa shape index (κ1) is 7.29. The monoisotopic (exact) mass is 199 g/mol. The lowest BCUT2D eigenvalue weighted by atomic mass is 10.5. The second-order valence-corrected chi connectivity index (χ2v) is 2.75. The summed E-state index contributed by atoms with van der Waals surface area (Å²) in [5.74, 6) is 0. The van der Waals surface area contributed by atoms with Crippen molar-refractivity contribution in [3.63, 3.8) is 0 Å². The predicted octanol–water partition coefficient (Wildman–Crippen LogP) is 1.48. The summed E-state index contributed by atoms with van der Waals surface area (Å²) in [5, 5.41) is 12.3. The quantitative estimate of drug-likeness (QED) is 0.688. The third-order valence-corrected chi connectivity index (χ3v) is 2.04. The van der Waals surface area contributed by atoms with Gasteiger partial charge in [-0.05, 0) is 22.9 Å². The molecule has 3 nitrogen and oxygen atoms in total. The summed E-state index contributed by atoms with van der Waals surface area (Å²) in [6.07, 6.45) is 1.69. The van der Waals surface area contributed by atoms with E-state index in [2.05, 4.69) is 21.0 Å². The van der Waals surface area contributed by atoms with Crippen LogP contribution in [0.1, 0.15) is 5.69 Å². The molecule has 0 aliphatic carbocycles. The fraction of sp³-hybridized carbons (Fsp3) is 0.333. The van der Waals surface area contributed by atoms with Gasteiger partial charge < -0.3 is 0 Å². The lowest BCUT2D eigenvalue weighted by molar-refractivity contribution is 0.686. The lowest BCUT2D eigenvalue weighted by Gasteiger charge is -1.94. The molecule has 0 aliphatic rings. The van der Waals surface area contributed by atoms with Crippen LogP contribution in [0.5, 0.6) is 0 Å². The fourth-order valence-corrected chi connectivity index (χ4v) is 0.946. The van der Waals surface area contributed by atoms with Gasteiger partial charge in [0.25, 0.3) is 0 Å². The molecule has 0 unspecified atom stereocenters. The zero-order chi connectivity index (χ0) is 7.56. The van der Waals surface area contributed by atoms with Crippen LogP contribution in [0.2, 0.25) is 0 Å². The smallest absolute Gasteiger partial charge is 0.128 e. The van der Waals surface area contributed by atoms with Gasteiger partial charge in [-0.3, -0.25) is 4.68 Å². The zero-order valence-corrected chi connectivity index (χ0v) is 7.09. The predicted molar refractivity (Wildman–Crippen MR) is 40.3 cm³/mol. The van der Waals surface area contributed by atoms with Crippen molar-refractivity contribution < 1.29 is 0 Å². The minimum absolute atomic E-state index is 0.317. The molecule has 0 atom stereocenters. The van der Waals surface area contributed by atoms with E-state index in [1.54, 1.807) is 10.9 Å². The largest absolute Gasteiger partial charge is 0.255 e. The SMILES string of the molecule is Cc1c(Br)cnn1CC#N. The normalized spacial score (nSPS) is 9.30. The van der Waals surface area contributed by atoms with Crippen LogP contribution in [0, 0.1) is 18.3 Å². The van der Waals surface area contributed by atoms with E-state index >= 15 is 0 Å². The summed E-state index contributed by atoms with van der Waals surface area (Å²) in [6, 6.07) is 2.02. The average Bonchev–Trinajstić information content (AvgIpc) is 2.20. The molecule has 1 aromatic heterocycles. The van der Waals surface area contributed by atoms with Gasteiger partial charge in [0.15, 0.2) is 0 Å². The summed E-state index contributed by atoms with van der Waals surface area (Å²) >= 11 is 3.29. The minimum atomic E-state index is 0.317. The molecule has 0 saturated carbocycles. The molecule has 1 rings (SSSR count). The molecule has 4 heteroatoms. The topological polar surface area (TPSA) is 41.6 Å². The van der Waals surface area contributed by atoms with Gasteiger partial charge in [-0.1, -0.05) is 0 Å². The lowest BCUT2D eigenvalue weighted by Crippen LogP contribution is -1.99. The Hall–Kier alpha value is -0.820. The van der Waals surface area contributed by atoms with Crippen LogP contribution in [-0.4, -0.2) is 9.78 Å². The van der Waals surface area contributed by atoms with Gasteiger partial charge in [0.2, 0.25) is 0 Å². The minimum Gasteiger partial charge on any atom is -0.255 e. The Morgan fingerprint density at radius 2 is 2.60 bits per heavy atom. The number of halogens is 1. The molecular weight excluding hydrogens is 194 g/mol. The van der Waals surface area contributed by atoms with Crippen LogP contribution < -0.4 is 0 Å². The third kappa shape index (κ3) is 1.19. The summed E-state index contributed by atoms with van der Waals surface area (Å²) in [6.45, 7) is 2.23. The van der Waals surface area contributed by atoms with E-state index in [1.807, 2.05) is 13.0 Å². The number of aromatic nitrogens is 2. The maximum Gasteiger partial charge on any atom is 0.128 e. The Morgan fingerprint density at radius 3 is 3.00 bits per heavy atom. The maximum atomic E-state index is 8.33. The van der Waals surface area contributed by atoms with Crippen LogP contribution >= 0.6 is 15.9 Å². The Kier molecular flexibility index (Phi) is 2.07. The number of hydrogen-bond donors (Lipinski definition) is 0. The van der Waals surface area contributed by atoms with Crippen molar-refractivity contribution in [1.29, 1.82) is 5.26 Å². The van der Waals surface area contributed by atoms with E-state index < -0.39 is 0 Å². The number of nitriles is 1. The van der Waals surface area contributed by atoms with Gasteiger partial charge in [0.1, 0.15) is 6.54 Å². The first-order valence-electron chi connectivity index (χ1n) is 2.80. The summed E-state index contributed by atoms with van der Waals surface area (Å²) in [4.78, 5) is 0. The van der Waals surface area contributed by atoms with Crippen LogP contribution in [0.25, 0.3) is 0 Å². The molecule has 1 heterocycles. The third-order valence-electron chi connectivity index (χ3n) is 1.26. The molecule has 0 amide bonds. The van der Waals surface area contributed by atoms with Gasteiger partial charge in [-0.15, -0.1) is 0 Å². The van der Waals surface area contributed by atoms with Gasteiger partial charge in [0.05, 0.1) is 22.4 Å². The van der Waals surface area contributed by atoms with E-state index in [0.717, 1.165) is 10.2 Å². The summed E-state index contributed by atoms with van der Waals surface area (Å²) in [5.41, 5.74) is 0.988. The van der Waals surface area contributed by atoms with Gasteiger partial charge in [0, 0.05) is 0 Å². The van der Waals surface area contributed by atoms with Gasteiger partial charge in [-0.25, -0.2) is 0 Å². The molecule has 0 aliphatic heterocycles. The summed E-state index contributed by atoms with van der Waals surface area (Å²) in [7, 11) is 0. The average molecular weight is 200 g/mol. The second kappa shape index (κ2) is 2.84. The highest BCUT2D eigenvalue weighted by Gasteiger charge is 2.00. The van der Waals surface area contributed by atoms with Crippen molar-refractivity contribution in [3.8, 4) is 6.07 Å². The van der Waals surface area contributed by atoms with E-state index in [1.165, 1.54) is 0 Å². The van der Waals surface area contributed by atoms with Crippen molar-refractivity contribution in [3.05, 3.63) is 16.4 Å². The zero-order valence-electron chi connectivity index (χ0n) is 5.50. The van der Waals surface area contributed by atoms with Gasteiger partial charge in [-0.2, -0.15) is 10.4 Å². The number of nitrogens with zero attached hydrogens (tertiary/aromatic N) is 3. The Morgan fingerprint density at radius 1 is 1.90 bits per heavy atom. The molecule has 0 fully saturated rings. The molecule has 0 saturated heterocycles. The fourth-order valence-electron chi connectivity index (χ4n) is 0.650. The van der Waals surface area contributed by atoms with E-state index in [4.69, 9.17) is 5.26 Å². The van der Waals surface area contributed by atoms with Gasteiger partial charge >= 0.3 is 0 Å². The molecule has 0 radical (unpaired) electrons. The Labute approximate surface area is 67.4 Å². The highest BCUT2D eigenvalue weighted by molar-refractivity contribution is 9.10. The van der Waals surface area contributed by atoms with Crippen molar-refractivity contribution in [2.75, 3.05) is 0 Å². The van der Waals surface area contributed by atoms with Crippen LogP contribution in [0.3, 0.4) is 0 Å². The van der Waals surface area contributed by atoms with Crippen molar-refractivity contribution >= 4 is 15.9 Å². The highest BCUT2D eigenvalue weighted by Crippen LogP contribution is 2.13. The van der Waals surface area contributed by atoms with E-state index in [9.17, 15) is 0 Å². The van der Waals surface area contributed by atoms with E-state index in [-0.39, 0.29) is 0 Å². The molecule has 0 N–H and O–H groups in total. The molecule has 1 aromatic rings. The van der Waals surface area contributed by atoms with Crippen LogP contribution in [-0.2, 0) is 6.54 Å². The first-order chi connectivity index (χ1) is 4.75. The highest BCUT2D eigenvalue weighted by atomic mass is 79.9. The summed E-state index contributed by atoms with van der Waals surface area (Å²) < 4.78 is 2.59. The molecule has 0 bridgehead atoms. The maximum absolute atomic E-state index is 8.33. The van der Waals surface area contributed by atoms with Crippen molar-refractivity contribution in [1.82, 2.24) is 9.78 Å². The van der Waals surface area contributed by atoms with E-state index in [0.29, 0.717) is 6.54 Å². The number of hydrogen-bond acceptors (Lipinski definition) is 2. The number of rotatable bonds is 1. The molecule has 0 aromatic carbocycles. The Bertz CT molecular complexity index is 271. The molecule has 10 heavy (non-hydrogen) atoms. The second-order valence-electron chi connectivity index (χ2n) is 1.89. The van der Waals surface area contributed by atoms with Crippen LogP contribution in [0.4, 0.5) is 0 Å².